The highest BCUT2D eigenvalue weighted by molar-refractivity contribution is 6.78. The number of rotatable bonds is 9. The molecule has 102 valence electrons. The maximum atomic E-state index is 10.4. The lowest BCUT2D eigenvalue weighted by Gasteiger charge is -2.19. The van der Waals surface area contributed by atoms with Gasteiger partial charge in [0.05, 0.1) is 13.7 Å². The minimum atomic E-state index is -1.09. The minimum absolute atomic E-state index is 0.242. The summed E-state index contributed by atoms with van der Waals surface area (Å²) in [5.41, 5.74) is 0.434. The van der Waals surface area contributed by atoms with Crippen LogP contribution in [-0.2, 0) is 0 Å². The summed E-state index contributed by atoms with van der Waals surface area (Å²) in [6.45, 7) is 9.43. The van der Waals surface area contributed by atoms with Crippen LogP contribution in [0.25, 0.3) is 0 Å². The van der Waals surface area contributed by atoms with Crippen LogP contribution in [0, 0.1) is 0 Å². The number of unbranched alkanes of at least 4 members (excludes halogenated alkanes) is 6. The van der Waals surface area contributed by atoms with E-state index < -0.39 is 8.07 Å². The fourth-order valence-electron chi connectivity index (χ4n) is 3.07. The van der Waals surface area contributed by atoms with Crippen LogP contribution in [0.1, 0.15) is 64.7 Å². The normalized spacial score (nSPS) is 28.4. The third-order valence-corrected chi connectivity index (χ3v) is 7.14. The molecule has 0 radical (unpaired) electrons. The van der Waals surface area contributed by atoms with Gasteiger partial charge in [-0.3, -0.25) is 0 Å². The van der Waals surface area contributed by atoms with Gasteiger partial charge in [-0.05, 0) is 18.4 Å². The second-order valence-corrected chi connectivity index (χ2v) is 12.5. The fraction of sp³-hybridized carbons (Fsp3) is 1.00. The van der Waals surface area contributed by atoms with E-state index in [4.69, 9.17) is 0 Å². The summed E-state index contributed by atoms with van der Waals surface area (Å²) in [6, 6.07) is 0. The lowest BCUT2D eigenvalue weighted by atomic mass is 10.1. The molecule has 1 fully saturated rings. The Balaban J connectivity index is 2.01. The molecule has 0 aromatic carbocycles. The summed E-state index contributed by atoms with van der Waals surface area (Å²) in [5, 5.41) is 10.4. The van der Waals surface area contributed by atoms with E-state index in [0.717, 1.165) is 12.8 Å². The number of hydrogen-bond acceptors (Lipinski definition) is 1. The Morgan fingerprint density at radius 3 is 2.00 bits per heavy atom. The molecular weight excluding hydrogens is 224 g/mol. The monoisotopic (exact) mass is 256 g/mol. The Labute approximate surface area is 109 Å². The Morgan fingerprint density at radius 2 is 1.53 bits per heavy atom. The van der Waals surface area contributed by atoms with Gasteiger partial charge < -0.3 is 5.11 Å². The van der Waals surface area contributed by atoms with Crippen molar-refractivity contribution in [2.45, 2.75) is 95.5 Å². The molecule has 17 heavy (non-hydrogen) atoms. The molecule has 1 rings (SSSR count). The van der Waals surface area contributed by atoms with Gasteiger partial charge in [-0.2, -0.15) is 0 Å². The van der Waals surface area contributed by atoms with Crippen LogP contribution in [0.4, 0.5) is 0 Å². The van der Waals surface area contributed by atoms with Crippen molar-refractivity contribution < 1.29 is 5.11 Å². The Hall–Kier alpha value is 0.177. The summed E-state index contributed by atoms with van der Waals surface area (Å²) < 4.78 is 0. The van der Waals surface area contributed by atoms with Gasteiger partial charge in [-0.15, -0.1) is 0 Å². The molecular formula is C15H32OSi. The van der Waals surface area contributed by atoms with Gasteiger partial charge in [0, 0.05) is 0 Å². The maximum absolute atomic E-state index is 10.4. The highest BCUT2D eigenvalue weighted by Crippen LogP contribution is 2.57. The Morgan fingerprint density at radius 1 is 1.00 bits per heavy atom. The van der Waals surface area contributed by atoms with Gasteiger partial charge in [-0.25, -0.2) is 0 Å². The topological polar surface area (TPSA) is 20.2 Å². The molecule has 0 aromatic heterocycles. The third kappa shape index (κ3) is 5.13. The highest BCUT2D eigenvalue weighted by Gasteiger charge is 2.57. The first-order valence-electron chi connectivity index (χ1n) is 7.62. The maximum Gasteiger partial charge on any atom is 0.0654 e. The van der Waals surface area contributed by atoms with Crippen LogP contribution in [-0.4, -0.2) is 18.8 Å². The highest BCUT2D eigenvalue weighted by atomic mass is 28.3. The largest absolute Gasteiger partial charge is 0.390 e. The molecule has 2 heteroatoms. The number of aliphatic hydroxyl groups is 1. The molecule has 1 aliphatic rings. The van der Waals surface area contributed by atoms with E-state index in [0.29, 0.717) is 5.54 Å². The molecule has 0 amide bonds. The average molecular weight is 257 g/mol. The summed E-state index contributed by atoms with van der Waals surface area (Å²) in [4.78, 5) is 0. The van der Waals surface area contributed by atoms with Gasteiger partial charge in [0.1, 0.15) is 0 Å². The Bertz CT molecular complexity index is 221. The van der Waals surface area contributed by atoms with Gasteiger partial charge in [0.15, 0.2) is 0 Å². The molecule has 0 bridgehead atoms. The van der Waals surface area contributed by atoms with E-state index in [1.165, 1.54) is 44.9 Å². The molecule has 2 atom stereocenters. The van der Waals surface area contributed by atoms with Crippen LogP contribution in [0.5, 0.6) is 0 Å². The average Bonchev–Trinajstić information content (AvgIpc) is 2.90. The Kier molecular flexibility index (Phi) is 5.71. The van der Waals surface area contributed by atoms with Gasteiger partial charge in [0.25, 0.3) is 0 Å². The van der Waals surface area contributed by atoms with Crippen LogP contribution in [0.3, 0.4) is 0 Å². The van der Waals surface area contributed by atoms with Crippen molar-refractivity contribution in [1.82, 2.24) is 0 Å². The second-order valence-electron chi connectivity index (χ2n) is 7.10. The smallest absolute Gasteiger partial charge is 0.0654 e. The van der Waals surface area contributed by atoms with Gasteiger partial charge in [0.2, 0.25) is 0 Å². The molecule has 1 nitrogen and oxygen atoms in total. The van der Waals surface area contributed by atoms with Crippen molar-refractivity contribution >= 4 is 8.07 Å². The van der Waals surface area contributed by atoms with Gasteiger partial charge in [-0.1, -0.05) is 71.5 Å². The van der Waals surface area contributed by atoms with Crippen molar-refractivity contribution in [3.8, 4) is 0 Å². The lowest BCUT2D eigenvalue weighted by molar-refractivity contribution is 0.135. The molecule has 0 unspecified atom stereocenters. The molecule has 1 saturated carbocycles. The predicted molar refractivity (Wildman–Crippen MR) is 79.3 cm³/mol. The van der Waals surface area contributed by atoms with Crippen LogP contribution in [0.2, 0.25) is 25.2 Å². The van der Waals surface area contributed by atoms with E-state index in [2.05, 4.69) is 26.6 Å². The van der Waals surface area contributed by atoms with Crippen molar-refractivity contribution in [1.29, 1.82) is 0 Å². The van der Waals surface area contributed by atoms with Crippen LogP contribution in [0.15, 0.2) is 0 Å². The zero-order chi connectivity index (χ0) is 12.9. The van der Waals surface area contributed by atoms with E-state index >= 15 is 0 Å². The first-order valence-corrected chi connectivity index (χ1v) is 11.2. The quantitative estimate of drug-likeness (QED) is 0.456. The molecule has 0 aromatic rings. The molecule has 0 aliphatic heterocycles. The molecule has 0 spiro atoms. The van der Waals surface area contributed by atoms with Crippen molar-refractivity contribution in [2.24, 2.45) is 0 Å². The molecule has 1 aliphatic carbocycles. The zero-order valence-electron chi connectivity index (χ0n) is 12.4. The van der Waals surface area contributed by atoms with Crippen LogP contribution < -0.4 is 0 Å². The summed E-state index contributed by atoms with van der Waals surface area (Å²) >= 11 is 0. The number of hydrogen-bond donors (Lipinski definition) is 1. The van der Waals surface area contributed by atoms with Crippen molar-refractivity contribution in [2.75, 3.05) is 0 Å². The summed E-state index contributed by atoms with van der Waals surface area (Å²) in [5.74, 6) is 0. The van der Waals surface area contributed by atoms with Crippen molar-refractivity contribution in [3.63, 3.8) is 0 Å². The standard InChI is InChI=1S/C15H32OSi/c1-5-6-7-8-9-10-11-12-15(16)13-14(15)17(2,3)4/h14,16H,5-13H2,1-4H3/t14-,15-/m1/s1. The SMILES string of the molecule is CCCCCCCCC[C@@]1(O)C[C@H]1[Si](C)(C)C. The van der Waals surface area contributed by atoms with E-state index in [-0.39, 0.29) is 5.60 Å². The zero-order valence-corrected chi connectivity index (χ0v) is 13.4. The fourth-order valence-corrected chi connectivity index (χ4v) is 5.79. The first kappa shape index (κ1) is 15.2. The minimum Gasteiger partial charge on any atom is -0.390 e. The van der Waals surface area contributed by atoms with Gasteiger partial charge >= 0.3 is 0 Å². The van der Waals surface area contributed by atoms with E-state index in [1.54, 1.807) is 0 Å². The second kappa shape index (κ2) is 6.37. The summed E-state index contributed by atoms with van der Waals surface area (Å²) in [6.07, 6.45) is 11.6. The first-order chi connectivity index (χ1) is 7.90. The summed E-state index contributed by atoms with van der Waals surface area (Å²) in [7, 11) is -1.09. The van der Waals surface area contributed by atoms with Crippen molar-refractivity contribution in [3.05, 3.63) is 0 Å². The van der Waals surface area contributed by atoms with Crippen LogP contribution >= 0.6 is 0 Å². The lowest BCUT2D eigenvalue weighted by Crippen LogP contribution is -2.26. The van der Waals surface area contributed by atoms with E-state index in [9.17, 15) is 5.11 Å². The van der Waals surface area contributed by atoms with E-state index in [1.807, 2.05) is 0 Å². The molecule has 0 saturated heterocycles. The molecule has 0 heterocycles. The third-order valence-electron chi connectivity index (χ3n) is 4.30. The molecule has 1 N–H and O–H groups in total. The predicted octanol–water partition coefficient (Wildman–Crippen LogP) is 4.97.